The fraction of sp³-hybridized carbons (Fsp3) is 0.300. The van der Waals surface area contributed by atoms with Crippen molar-refractivity contribution in [1.29, 1.82) is 0 Å². The van der Waals surface area contributed by atoms with Crippen molar-refractivity contribution in [2.24, 2.45) is 4.40 Å². The maximum atomic E-state index is 6.07. The van der Waals surface area contributed by atoms with E-state index in [0.29, 0.717) is 16.1 Å². The van der Waals surface area contributed by atoms with Crippen LogP contribution in [0.1, 0.15) is 13.8 Å². The summed E-state index contributed by atoms with van der Waals surface area (Å²) in [5.41, 5.74) is 0.889. The van der Waals surface area contributed by atoms with Gasteiger partial charge in [-0.2, -0.15) is 4.40 Å². The van der Waals surface area contributed by atoms with Crippen molar-refractivity contribution >= 4 is 46.8 Å². The van der Waals surface area contributed by atoms with Crippen molar-refractivity contribution in [1.82, 2.24) is 5.32 Å². The van der Waals surface area contributed by atoms with E-state index in [1.165, 1.54) is 11.9 Å². The van der Waals surface area contributed by atoms with E-state index in [2.05, 4.69) is 28.9 Å². The zero-order valence-corrected chi connectivity index (χ0v) is 11.2. The van der Waals surface area contributed by atoms with E-state index in [4.69, 9.17) is 23.2 Å². The van der Waals surface area contributed by atoms with Gasteiger partial charge in [0, 0.05) is 23.0 Å². The molecule has 0 bridgehead atoms. The monoisotopic (exact) mass is 275 g/mol. The van der Waals surface area contributed by atoms with Crippen LogP contribution in [-0.2, 0) is 0 Å². The average molecular weight is 276 g/mol. The van der Waals surface area contributed by atoms with Gasteiger partial charge in [-0.05, 0) is 26.0 Å². The van der Waals surface area contributed by atoms with Crippen molar-refractivity contribution in [2.75, 3.05) is 5.32 Å². The number of rotatable bonds is 1. The Hall–Kier alpha value is -0.580. The molecule has 0 spiro atoms. The number of nitrogens with zero attached hydrogens (tertiary/aromatic N) is 1. The third-order valence-electron chi connectivity index (χ3n) is 1.92. The van der Waals surface area contributed by atoms with Gasteiger partial charge in [0.2, 0.25) is 5.96 Å². The number of benzene rings is 1. The van der Waals surface area contributed by atoms with Gasteiger partial charge in [0.05, 0.1) is 15.6 Å². The molecule has 86 valence electrons. The Kier molecular flexibility index (Phi) is 3.52. The first kappa shape index (κ1) is 11.9. The van der Waals surface area contributed by atoms with Crippen LogP contribution in [0, 0.1) is 0 Å². The van der Waals surface area contributed by atoms with Gasteiger partial charge < -0.3 is 10.6 Å². The molecule has 0 aromatic heterocycles. The number of anilines is 1. The summed E-state index contributed by atoms with van der Waals surface area (Å²) in [6.07, 6.45) is 0. The Morgan fingerprint density at radius 3 is 2.81 bits per heavy atom. The molecule has 3 nitrogen and oxygen atoms in total. The Bertz CT molecular complexity index is 446. The van der Waals surface area contributed by atoms with E-state index in [1.807, 2.05) is 6.07 Å². The van der Waals surface area contributed by atoms with Crippen molar-refractivity contribution in [3.05, 3.63) is 22.2 Å². The van der Waals surface area contributed by atoms with Gasteiger partial charge in [0.15, 0.2) is 0 Å². The number of fused-ring (bicyclic) bond motifs is 1. The minimum atomic E-state index is 0.322. The van der Waals surface area contributed by atoms with E-state index in [1.54, 1.807) is 6.07 Å². The molecule has 0 atom stereocenters. The Morgan fingerprint density at radius 2 is 2.12 bits per heavy atom. The van der Waals surface area contributed by atoms with Gasteiger partial charge in [-0.15, -0.1) is 0 Å². The molecular formula is C10H11Cl2N3S. The van der Waals surface area contributed by atoms with E-state index >= 15 is 0 Å². The average Bonchev–Trinajstić information content (AvgIpc) is 2.15. The van der Waals surface area contributed by atoms with E-state index in [9.17, 15) is 0 Å². The Balaban J connectivity index is 2.26. The molecule has 2 N–H and O–H groups in total. The lowest BCUT2D eigenvalue weighted by molar-refractivity contribution is 0.732. The molecule has 1 aromatic carbocycles. The van der Waals surface area contributed by atoms with E-state index in [-0.39, 0.29) is 0 Å². The number of hydrogen-bond acceptors (Lipinski definition) is 4. The van der Waals surface area contributed by atoms with Crippen molar-refractivity contribution < 1.29 is 0 Å². The third-order valence-corrected chi connectivity index (χ3v) is 3.44. The molecule has 0 amide bonds. The van der Waals surface area contributed by atoms with Crippen LogP contribution in [0.5, 0.6) is 0 Å². The quantitative estimate of drug-likeness (QED) is 0.766. The van der Waals surface area contributed by atoms with Crippen molar-refractivity contribution in [3.8, 4) is 0 Å². The number of hydrogen-bond donors (Lipinski definition) is 2. The fourth-order valence-corrected chi connectivity index (χ4v) is 2.56. The molecule has 0 saturated heterocycles. The lowest BCUT2D eigenvalue weighted by atomic mass is 10.3. The predicted octanol–water partition coefficient (Wildman–Crippen LogP) is 3.78. The molecule has 0 radical (unpaired) electrons. The van der Waals surface area contributed by atoms with E-state index < -0.39 is 0 Å². The number of halogens is 2. The van der Waals surface area contributed by atoms with E-state index in [0.717, 1.165) is 16.5 Å². The molecule has 6 heteroatoms. The zero-order chi connectivity index (χ0) is 11.7. The molecular weight excluding hydrogens is 265 g/mol. The summed E-state index contributed by atoms with van der Waals surface area (Å²) in [5, 5.41) is 7.58. The summed E-state index contributed by atoms with van der Waals surface area (Å²) >= 11 is 13.4. The summed E-state index contributed by atoms with van der Waals surface area (Å²) in [6, 6.07) is 3.88. The minimum absolute atomic E-state index is 0.322. The van der Waals surface area contributed by atoms with Crippen molar-refractivity contribution in [2.45, 2.75) is 24.8 Å². The van der Waals surface area contributed by atoms with Gasteiger partial charge in [-0.1, -0.05) is 23.2 Å². The van der Waals surface area contributed by atoms with Gasteiger partial charge >= 0.3 is 0 Å². The summed E-state index contributed by atoms with van der Waals surface area (Å²) in [7, 11) is 0. The van der Waals surface area contributed by atoms with Gasteiger partial charge in [-0.25, -0.2) is 0 Å². The molecule has 1 aliphatic rings. The first-order chi connectivity index (χ1) is 7.56. The Labute approximate surface area is 109 Å². The van der Waals surface area contributed by atoms with Crippen LogP contribution in [0.4, 0.5) is 5.69 Å². The van der Waals surface area contributed by atoms with Crippen LogP contribution < -0.4 is 10.6 Å². The highest BCUT2D eigenvalue weighted by molar-refractivity contribution is 7.98. The van der Waals surface area contributed by atoms with Gasteiger partial charge in [-0.3, -0.25) is 0 Å². The summed E-state index contributed by atoms with van der Waals surface area (Å²) < 4.78 is 4.29. The molecule has 0 unspecified atom stereocenters. The molecule has 1 aromatic rings. The van der Waals surface area contributed by atoms with Crippen LogP contribution >= 0.6 is 35.1 Å². The third kappa shape index (κ3) is 2.56. The predicted molar refractivity (Wildman–Crippen MR) is 71.6 cm³/mol. The standard InChI is InChI=1S/C10H11Cl2N3S/c1-5(2)13-10-14-8-4-6(11)3-7(12)9(8)16-15-10/h3-5H,1-2H3,(H2,13,14,15). The highest BCUT2D eigenvalue weighted by atomic mass is 35.5. The van der Waals surface area contributed by atoms with Crippen LogP contribution in [-0.4, -0.2) is 12.0 Å². The minimum Gasteiger partial charge on any atom is -0.353 e. The normalized spacial score (nSPS) is 14.2. The Morgan fingerprint density at radius 1 is 1.38 bits per heavy atom. The lowest BCUT2D eigenvalue weighted by Crippen LogP contribution is -2.36. The van der Waals surface area contributed by atoms with Crippen molar-refractivity contribution in [3.63, 3.8) is 0 Å². The molecule has 0 fully saturated rings. The topological polar surface area (TPSA) is 36.4 Å². The van der Waals surface area contributed by atoms with Gasteiger partial charge in [0.1, 0.15) is 0 Å². The largest absolute Gasteiger partial charge is 0.353 e. The highest BCUT2D eigenvalue weighted by Gasteiger charge is 2.16. The SMILES string of the molecule is CC(C)NC1=NSc2c(Cl)cc(Cl)cc2N1. The molecule has 0 saturated carbocycles. The molecule has 16 heavy (non-hydrogen) atoms. The van der Waals surface area contributed by atoms with Crippen LogP contribution in [0.25, 0.3) is 0 Å². The molecule has 1 heterocycles. The smallest absolute Gasteiger partial charge is 0.208 e. The first-order valence-corrected chi connectivity index (χ1v) is 6.37. The fourth-order valence-electron chi connectivity index (χ4n) is 1.32. The van der Waals surface area contributed by atoms with Crippen LogP contribution in [0.15, 0.2) is 21.4 Å². The summed E-state index contributed by atoms with van der Waals surface area (Å²) in [4.78, 5) is 0.903. The summed E-state index contributed by atoms with van der Waals surface area (Å²) in [6.45, 7) is 4.10. The van der Waals surface area contributed by atoms with Crippen LogP contribution in [0.2, 0.25) is 10.0 Å². The zero-order valence-electron chi connectivity index (χ0n) is 8.84. The maximum Gasteiger partial charge on any atom is 0.208 e. The second-order valence-corrected chi connectivity index (χ2v) is 5.34. The summed E-state index contributed by atoms with van der Waals surface area (Å²) in [5.74, 6) is 0.728. The molecule has 0 aliphatic carbocycles. The molecule has 2 rings (SSSR count). The highest BCUT2D eigenvalue weighted by Crippen LogP contribution is 2.39. The number of guanidine groups is 1. The number of nitrogens with one attached hydrogen (secondary N) is 2. The lowest BCUT2D eigenvalue weighted by Gasteiger charge is -2.20. The second kappa shape index (κ2) is 4.73. The van der Waals surface area contributed by atoms with Gasteiger partial charge in [0.25, 0.3) is 0 Å². The molecule has 1 aliphatic heterocycles. The first-order valence-electron chi connectivity index (χ1n) is 4.84. The second-order valence-electron chi connectivity index (χ2n) is 3.72. The van der Waals surface area contributed by atoms with Crippen LogP contribution in [0.3, 0.4) is 0 Å². The maximum absolute atomic E-state index is 6.07.